The SMILES string of the molecule is C[C@@H](c1ccccc1)N1CC[C@@H]1C(=O)N1CCCCC1. The summed E-state index contributed by atoms with van der Waals surface area (Å²) >= 11 is 0. The van der Waals surface area contributed by atoms with E-state index in [4.69, 9.17) is 0 Å². The summed E-state index contributed by atoms with van der Waals surface area (Å²) in [6.07, 6.45) is 4.64. The second-order valence-corrected chi connectivity index (χ2v) is 6.01. The molecule has 0 aromatic heterocycles. The van der Waals surface area contributed by atoms with Crippen molar-refractivity contribution in [1.29, 1.82) is 0 Å². The molecule has 0 bridgehead atoms. The van der Waals surface area contributed by atoms with Crippen molar-refractivity contribution < 1.29 is 4.79 Å². The Labute approximate surface area is 121 Å². The van der Waals surface area contributed by atoms with Crippen molar-refractivity contribution in [1.82, 2.24) is 9.80 Å². The molecule has 2 fully saturated rings. The van der Waals surface area contributed by atoms with Crippen LogP contribution >= 0.6 is 0 Å². The Morgan fingerprint density at radius 1 is 1.10 bits per heavy atom. The molecule has 20 heavy (non-hydrogen) atoms. The first-order chi connectivity index (χ1) is 9.77. The summed E-state index contributed by atoms with van der Waals surface area (Å²) < 4.78 is 0. The van der Waals surface area contributed by atoms with Gasteiger partial charge in [0, 0.05) is 25.7 Å². The molecule has 2 saturated heterocycles. The lowest BCUT2D eigenvalue weighted by atomic mass is 9.94. The second-order valence-electron chi connectivity index (χ2n) is 6.01. The van der Waals surface area contributed by atoms with E-state index in [9.17, 15) is 4.79 Å². The molecule has 2 aliphatic heterocycles. The third-order valence-corrected chi connectivity index (χ3v) is 4.79. The maximum Gasteiger partial charge on any atom is 0.239 e. The van der Waals surface area contributed by atoms with Crippen LogP contribution in [-0.4, -0.2) is 41.4 Å². The molecule has 0 spiro atoms. The van der Waals surface area contributed by atoms with Gasteiger partial charge in [-0.05, 0) is 38.2 Å². The van der Waals surface area contributed by atoms with Crippen LogP contribution < -0.4 is 0 Å². The highest BCUT2D eigenvalue weighted by Gasteiger charge is 2.39. The number of carbonyl (C=O) groups is 1. The number of rotatable bonds is 3. The Bertz CT molecular complexity index is 453. The molecule has 3 rings (SSSR count). The van der Waals surface area contributed by atoms with E-state index in [-0.39, 0.29) is 6.04 Å². The number of likely N-dealkylation sites (tertiary alicyclic amines) is 2. The van der Waals surface area contributed by atoms with Crippen LogP contribution in [0.5, 0.6) is 0 Å². The summed E-state index contributed by atoms with van der Waals surface area (Å²) in [4.78, 5) is 17.0. The van der Waals surface area contributed by atoms with Crippen LogP contribution in [0.1, 0.15) is 44.2 Å². The van der Waals surface area contributed by atoms with Crippen LogP contribution in [-0.2, 0) is 4.79 Å². The molecule has 0 radical (unpaired) electrons. The molecule has 3 nitrogen and oxygen atoms in total. The van der Waals surface area contributed by atoms with Crippen molar-refractivity contribution >= 4 is 5.91 Å². The minimum Gasteiger partial charge on any atom is -0.341 e. The number of carbonyl (C=O) groups excluding carboxylic acids is 1. The Morgan fingerprint density at radius 2 is 1.80 bits per heavy atom. The van der Waals surface area contributed by atoms with Crippen LogP contribution in [0.4, 0.5) is 0 Å². The largest absolute Gasteiger partial charge is 0.341 e. The van der Waals surface area contributed by atoms with E-state index in [1.807, 2.05) is 6.07 Å². The van der Waals surface area contributed by atoms with Gasteiger partial charge in [-0.3, -0.25) is 9.69 Å². The van der Waals surface area contributed by atoms with Gasteiger partial charge in [0.05, 0.1) is 6.04 Å². The van der Waals surface area contributed by atoms with Crippen LogP contribution in [0.15, 0.2) is 30.3 Å². The lowest BCUT2D eigenvalue weighted by Crippen LogP contribution is -2.58. The summed E-state index contributed by atoms with van der Waals surface area (Å²) in [5.74, 6) is 0.360. The molecule has 1 amide bonds. The molecule has 0 N–H and O–H groups in total. The van der Waals surface area contributed by atoms with Crippen LogP contribution in [0, 0.1) is 0 Å². The highest BCUT2D eigenvalue weighted by atomic mass is 16.2. The number of piperidine rings is 1. The maximum atomic E-state index is 12.6. The van der Waals surface area contributed by atoms with Gasteiger partial charge in [-0.25, -0.2) is 0 Å². The van der Waals surface area contributed by atoms with Crippen molar-refractivity contribution in [2.45, 2.75) is 44.7 Å². The molecule has 0 unspecified atom stereocenters. The van der Waals surface area contributed by atoms with Crippen molar-refractivity contribution in [3.8, 4) is 0 Å². The van der Waals surface area contributed by atoms with Gasteiger partial charge in [0.25, 0.3) is 0 Å². The normalized spacial score (nSPS) is 25.1. The van der Waals surface area contributed by atoms with Gasteiger partial charge < -0.3 is 4.90 Å². The lowest BCUT2D eigenvalue weighted by Gasteiger charge is -2.46. The topological polar surface area (TPSA) is 23.6 Å². The minimum atomic E-state index is 0.114. The fourth-order valence-corrected chi connectivity index (χ4v) is 3.38. The average molecular weight is 272 g/mol. The predicted molar refractivity (Wildman–Crippen MR) is 80.4 cm³/mol. The Morgan fingerprint density at radius 3 is 2.40 bits per heavy atom. The van der Waals surface area contributed by atoms with Gasteiger partial charge in [0.1, 0.15) is 0 Å². The van der Waals surface area contributed by atoms with E-state index in [2.05, 4.69) is 41.0 Å². The summed E-state index contributed by atoms with van der Waals surface area (Å²) in [5.41, 5.74) is 1.31. The van der Waals surface area contributed by atoms with Crippen LogP contribution in [0.25, 0.3) is 0 Å². The van der Waals surface area contributed by atoms with Crippen molar-refractivity contribution in [2.75, 3.05) is 19.6 Å². The smallest absolute Gasteiger partial charge is 0.239 e. The fourth-order valence-electron chi connectivity index (χ4n) is 3.38. The second kappa shape index (κ2) is 5.96. The van der Waals surface area contributed by atoms with E-state index in [1.165, 1.54) is 24.8 Å². The molecule has 0 aliphatic carbocycles. The van der Waals surface area contributed by atoms with Crippen LogP contribution in [0.2, 0.25) is 0 Å². The highest BCUT2D eigenvalue weighted by Crippen LogP contribution is 2.31. The first-order valence-corrected chi connectivity index (χ1v) is 7.87. The Kier molecular flexibility index (Phi) is 4.06. The van der Waals surface area contributed by atoms with E-state index in [0.29, 0.717) is 11.9 Å². The van der Waals surface area contributed by atoms with Gasteiger partial charge in [-0.2, -0.15) is 0 Å². The molecular formula is C17H24N2O. The molecular weight excluding hydrogens is 248 g/mol. The van der Waals surface area contributed by atoms with Crippen molar-refractivity contribution in [2.24, 2.45) is 0 Å². The number of amides is 1. The number of hydrogen-bond acceptors (Lipinski definition) is 2. The minimum absolute atomic E-state index is 0.114. The van der Waals surface area contributed by atoms with Crippen molar-refractivity contribution in [3.05, 3.63) is 35.9 Å². The van der Waals surface area contributed by atoms with Gasteiger partial charge in [-0.15, -0.1) is 0 Å². The molecule has 1 aromatic rings. The fraction of sp³-hybridized carbons (Fsp3) is 0.588. The van der Waals surface area contributed by atoms with E-state index >= 15 is 0 Å². The molecule has 0 saturated carbocycles. The standard InChI is InChI=1S/C17H24N2O/c1-14(15-8-4-2-5-9-15)19-13-10-16(19)17(20)18-11-6-3-7-12-18/h2,4-5,8-9,14,16H,3,6-7,10-13H2,1H3/t14-,16+/m0/s1. The first kappa shape index (κ1) is 13.6. The van der Waals surface area contributed by atoms with Crippen LogP contribution in [0.3, 0.4) is 0 Å². The van der Waals surface area contributed by atoms with E-state index < -0.39 is 0 Å². The molecule has 2 aliphatic rings. The van der Waals surface area contributed by atoms with E-state index in [1.54, 1.807) is 0 Å². The van der Waals surface area contributed by atoms with Gasteiger partial charge in [0.2, 0.25) is 5.91 Å². The number of hydrogen-bond donors (Lipinski definition) is 0. The van der Waals surface area contributed by atoms with Gasteiger partial charge in [-0.1, -0.05) is 30.3 Å². The van der Waals surface area contributed by atoms with Gasteiger partial charge >= 0.3 is 0 Å². The predicted octanol–water partition coefficient (Wildman–Crippen LogP) is 2.83. The molecule has 3 heteroatoms. The molecule has 2 heterocycles. The zero-order chi connectivity index (χ0) is 13.9. The summed E-state index contributed by atoms with van der Waals surface area (Å²) in [6.45, 7) is 5.18. The summed E-state index contributed by atoms with van der Waals surface area (Å²) in [5, 5.41) is 0. The Hall–Kier alpha value is -1.35. The maximum absolute atomic E-state index is 12.6. The molecule has 1 aromatic carbocycles. The summed E-state index contributed by atoms with van der Waals surface area (Å²) in [7, 11) is 0. The average Bonchev–Trinajstić information content (AvgIpc) is 2.48. The first-order valence-electron chi connectivity index (χ1n) is 7.87. The van der Waals surface area contributed by atoms with Gasteiger partial charge in [0.15, 0.2) is 0 Å². The monoisotopic (exact) mass is 272 g/mol. The summed E-state index contributed by atoms with van der Waals surface area (Å²) in [6, 6.07) is 11.0. The Balaban J connectivity index is 1.65. The molecule has 2 atom stereocenters. The highest BCUT2D eigenvalue weighted by molar-refractivity contribution is 5.83. The number of nitrogens with zero attached hydrogens (tertiary/aromatic N) is 2. The van der Waals surface area contributed by atoms with Crippen molar-refractivity contribution in [3.63, 3.8) is 0 Å². The zero-order valence-electron chi connectivity index (χ0n) is 12.3. The lowest BCUT2D eigenvalue weighted by molar-refractivity contribution is -0.144. The zero-order valence-corrected chi connectivity index (χ0v) is 12.3. The number of benzene rings is 1. The quantitative estimate of drug-likeness (QED) is 0.844. The van der Waals surface area contributed by atoms with E-state index in [0.717, 1.165) is 26.1 Å². The molecule has 108 valence electrons. The third kappa shape index (κ3) is 2.59. The third-order valence-electron chi connectivity index (χ3n) is 4.79.